The van der Waals surface area contributed by atoms with E-state index in [0.29, 0.717) is 22.5 Å². The number of ether oxygens (including phenoxy) is 1. The van der Waals surface area contributed by atoms with Gasteiger partial charge in [-0.05, 0) is 43.0 Å². The van der Waals surface area contributed by atoms with Gasteiger partial charge < -0.3 is 9.72 Å². The first-order valence-corrected chi connectivity index (χ1v) is 12.6. The molecule has 2 aromatic carbocycles. The van der Waals surface area contributed by atoms with Gasteiger partial charge >= 0.3 is 6.09 Å². The Morgan fingerprint density at radius 1 is 1.03 bits per heavy atom. The largest absolute Gasteiger partial charge is 0.444 e. The minimum absolute atomic E-state index is 0.0327. The van der Waals surface area contributed by atoms with Gasteiger partial charge in [-0.25, -0.2) is 24.1 Å². The fraction of sp³-hybridized carbons (Fsp3) is 0.167. The van der Waals surface area contributed by atoms with Crippen molar-refractivity contribution in [1.29, 1.82) is 0 Å². The summed E-state index contributed by atoms with van der Waals surface area (Å²) in [5.41, 5.74) is 3.22. The summed E-state index contributed by atoms with van der Waals surface area (Å²) in [6.45, 7) is 1.68. The Morgan fingerprint density at radius 3 is 2.51 bits per heavy atom. The van der Waals surface area contributed by atoms with E-state index in [-0.39, 0.29) is 23.4 Å². The summed E-state index contributed by atoms with van der Waals surface area (Å²) < 4.78 is 20.8. The Bertz CT molecular complexity index is 1700. The van der Waals surface area contributed by atoms with Gasteiger partial charge in [-0.15, -0.1) is 0 Å². The maximum absolute atomic E-state index is 15.6. The van der Waals surface area contributed by atoms with E-state index < -0.39 is 17.7 Å². The Labute approximate surface area is 223 Å². The lowest BCUT2D eigenvalue weighted by molar-refractivity contribution is 0.103. The van der Waals surface area contributed by atoms with Gasteiger partial charge in [0.05, 0.1) is 11.3 Å². The van der Waals surface area contributed by atoms with E-state index >= 15 is 4.39 Å². The number of aromatic nitrogens is 4. The van der Waals surface area contributed by atoms with E-state index in [1.54, 1.807) is 31.6 Å². The fourth-order valence-corrected chi connectivity index (χ4v) is 4.44. The molecule has 1 fully saturated rings. The predicted octanol–water partition coefficient (Wildman–Crippen LogP) is 6.32. The number of carbonyl (C=O) groups is 2. The molecule has 0 aliphatic heterocycles. The molecule has 0 unspecified atom stereocenters. The first-order valence-electron chi connectivity index (χ1n) is 12.6. The molecule has 6 rings (SSSR count). The summed E-state index contributed by atoms with van der Waals surface area (Å²) in [6.07, 6.45) is 8.12. The number of hydrogen-bond acceptors (Lipinski definition) is 6. The lowest BCUT2D eigenvalue weighted by Crippen LogP contribution is -2.16. The second-order valence-electron chi connectivity index (χ2n) is 9.56. The number of hydrogen-bond donors (Lipinski definition) is 2. The minimum atomic E-state index is -0.834. The maximum Gasteiger partial charge on any atom is 0.412 e. The number of H-pyrrole nitrogens is 1. The first kappa shape index (κ1) is 24.4. The number of anilines is 1. The van der Waals surface area contributed by atoms with Crippen LogP contribution in [0.15, 0.2) is 73.3 Å². The fourth-order valence-electron chi connectivity index (χ4n) is 4.44. The molecule has 0 atom stereocenters. The first-order chi connectivity index (χ1) is 19.0. The van der Waals surface area contributed by atoms with Crippen LogP contribution >= 0.6 is 0 Å². The Morgan fingerprint density at radius 2 is 1.77 bits per heavy atom. The molecule has 8 nitrogen and oxygen atoms in total. The minimum Gasteiger partial charge on any atom is -0.444 e. The summed E-state index contributed by atoms with van der Waals surface area (Å²) in [5.74, 6) is -0.0765. The van der Waals surface area contributed by atoms with Crippen LogP contribution in [0.2, 0.25) is 0 Å². The molecule has 1 aliphatic rings. The molecule has 1 aliphatic carbocycles. The number of rotatable bonds is 7. The van der Waals surface area contributed by atoms with Crippen LogP contribution in [-0.2, 0) is 11.3 Å². The zero-order valence-electron chi connectivity index (χ0n) is 21.1. The number of benzene rings is 2. The number of nitrogens with zero attached hydrogens (tertiary/aromatic N) is 3. The molecule has 1 amide bonds. The van der Waals surface area contributed by atoms with Crippen LogP contribution in [0.4, 0.5) is 14.9 Å². The average Bonchev–Trinajstić information content (AvgIpc) is 3.73. The van der Waals surface area contributed by atoms with Gasteiger partial charge in [0.15, 0.2) is 11.6 Å². The summed E-state index contributed by atoms with van der Waals surface area (Å²) in [4.78, 5) is 42.3. The van der Waals surface area contributed by atoms with Crippen molar-refractivity contribution in [3.63, 3.8) is 0 Å². The third-order valence-corrected chi connectivity index (χ3v) is 6.75. The van der Waals surface area contributed by atoms with Crippen LogP contribution in [0, 0.1) is 12.7 Å². The maximum atomic E-state index is 15.6. The number of aromatic amines is 1. The van der Waals surface area contributed by atoms with E-state index in [4.69, 9.17) is 4.74 Å². The average molecular weight is 522 g/mol. The van der Waals surface area contributed by atoms with E-state index in [9.17, 15) is 9.59 Å². The van der Waals surface area contributed by atoms with Gasteiger partial charge in [0.25, 0.3) is 0 Å². The predicted molar refractivity (Wildman–Crippen MR) is 144 cm³/mol. The summed E-state index contributed by atoms with van der Waals surface area (Å²) in [7, 11) is 0. The molecule has 3 aromatic heterocycles. The third kappa shape index (κ3) is 4.98. The van der Waals surface area contributed by atoms with Crippen molar-refractivity contribution in [2.45, 2.75) is 32.3 Å². The topological polar surface area (TPSA) is 110 Å². The highest BCUT2D eigenvalue weighted by Gasteiger charge is 2.26. The number of amides is 1. The molecule has 0 bridgehead atoms. The highest BCUT2D eigenvalue weighted by molar-refractivity contribution is 6.17. The Kier molecular flexibility index (Phi) is 6.32. The van der Waals surface area contributed by atoms with Crippen molar-refractivity contribution >= 4 is 28.6 Å². The molecular weight excluding hydrogens is 497 g/mol. The van der Waals surface area contributed by atoms with E-state index in [2.05, 4.69) is 25.3 Å². The van der Waals surface area contributed by atoms with Gasteiger partial charge in [0.1, 0.15) is 18.1 Å². The van der Waals surface area contributed by atoms with Crippen molar-refractivity contribution in [2.24, 2.45) is 0 Å². The van der Waals surface area contributed by atoms with E-state index in [0.717, 1.165) is 35.4 Å². The van der Waals surface area contributed by atoms with Crippen LogP contribution < -0.4 is 5.32 Å². The molecule has 0 radical (unpaired) electrons. The van der Waals surface area contributed by atoms with E-state index in [1.165, 1.54) is 12.3 Å². The zero-order valence-corrected chi connectivity index (χ0v) is 21.1. The molecule has 3 heterocycles. The lowest BCUT2D eigenvalue weighted by Gasteiger charge is -2.12. The highest BCUT2D eigenvalue weighted by Crippen LogP contribution is 2.38. The number of ketones is 1. The van der Waals surface area contributed by atoms with Gasteiger partial charge in [-0.2, -0.15) is 0 Å². The van der Waals surface area contributed by atoms with Gasteiger partial charge in [0, 0.05) is 52.8 Å². The summed E-state index contributed by atoms with van der Waals surface area (Å²) in [6, 6.07) is 14.0. The van der Waals surface area contributed by atoms with Crippen molar-refractivity contribution in [1.82, 2.24) is 19.9 Å². The number of nitrogens with one attached hydrogen (secondary N) is 2. The monoisotopic (exact) mass is 521 g/mol. The SMILES string of the molecule is Cc1ccc(NC(=O)OCc2ccccc2)c(F)c1C(=O)c1c[nH]c2ncc(-c3cnc(C4CC4)nc3)cc12. The second kappa shape index (κ2) is 10.1. The molecule has 0 saturated heterocycles. The van der Waals surface area contributed by atoms with Crippen molar-refractivity contribution < 1.29 is 18.7 Å². The molecule has 39 heavy (non-hydrogen) atoms. The van der Waals surface area contributed by atoms with Gasteiger partial charge in [-0.3, -0.25) is 10.1 Å². The number of carbonyl (C=O) groups excluding carboxylic acids is 2. The number of fused-ring (bicyclic) bond motifs is 1. The van der Waals surface area contributed by atoms with Crippen molar-refractivity contribution in [2.75, 3.05) is 5.32 Å². The standard InChI is InChI=1S/C30H24FN5O3/c1-17-7-10-24(36-30(38)39-16-18-5-3-2-4-6-18)26(31)25(17)27(37)23-15-35-29-22(23)11-20(12-34-29)21-13-32-28(33-14-21)19-8-9-19/h2-7,10-15,19H,8-9,16H2,1H3,(H,34,35)(H,36,38). The number of pyridine rings is 1. The third-order valence-electron chi connectivity index (χ3n) is 6.75. The van der Waals surface area contributed by atoms with Crippen molar-refractivity contribution in [3.8, 4) is 11.1 Å². The highest BCUT2D eigenvalue weighted by atomic mass is 19.1. The smallest absolute Gasteiger partial charge is 0.412 e. The zero-order chi connectivity index (χ0) is 26.9. The molecule has 0 spiro atoms. The van der Waals surface area contributed by atoms with Crippen LogP contribution in [0.1, 0.15) is 51.6 Å². The summed E-state index contributed by atoms with van der Waals surface area (Å²) in [5, 5.41) is 2.96. The van der Waals surface area contributed by atoms with E-state index in [1.807, 2.05) is 36.4 Å². The number of aryl methyl sites for hydroxylation is 1. The number of halogens is 1. The van der Waals surface area contributed by atoms with Crippen LogP contribution in [-0.4, -0.2) is 31.8 Å². The van der Waals surface area contributed by atoms with Gasteiger partial charge in [-0.1, -0.05) is 36.4 Å². The Balaban J connectivity index is 1.26. The molecular formula is C30H24FN5O3. The normalized spacial score (nSPS) is 12.9. The van der Waals surface area contributed by atoms with Crippen LogP contribution in [0.5, 0.6) is 0 Å². The van der Waals surface area contributed by atoms with Crippen molar-refractivity contribution in [3.05, 3.63) is 107 Å². The van der Waals surface area contributed by atoms with Crippen LogP contribution in [0.3, 0.4) is 0 Å². The van der Waals surface area contributed by atoms with Gasteiger partial charge in [0.2, 0.25) is 0 Å². The summed E-state index contributed by atoms with van der Waals surface area (Å²) >= 11 is 0. The quantitative estimate of drug-likeness (QED) is 0.242. The second-order valence-corrected chi connectivity index (χ2v) is 9.56. The lowest BCUT2D eigenvalue weighted by atomic mass is 9.97. The molecule has 2 N–H and O–H groups in total. The molecule has 9 heteroatoms. The molecule has 5 aromatic rings. The molecule has 194 valence electrons. The molecule has 1 saturated carbocycles. The Hall–Kier alpha value is -4.92. The van der Waals surface area contributed by atoms with Crippen LogP contribution in [0.25, 0.3) is 22.2 Å².